The third-order valence-corrected chi connectivity index (χ3v) is 4.38. The summed E-state index contributed by atoms with van der Waals surface area (Å²) in [6.07, 6.45) is 17.6. The van der Waals surface area contributed by atoms with Gasteiger partial charge in [-0.05, 0) is 18.9 Å². The summed E-state index contributed by atoms with van der Waals surface area (Å²) in [6.45, 7) is 4.51. The zero-order valence-corrected chi connectivity index (χ0v) is 14.6. The smallest absolute Gasteiger partial charge is 0.162 e. The van der Waals surface area contributed by atoms with E-state index in [9.17, 15) is 0 Å². The lowest BCUT2D eigenvalue weighted by atomic mass is 10.0. The van der Waals surface area contributed by atoms with Crippen LogP contribution in [0.5, 0.6) is 0 Å². The molecule has 22 heavy (non-hydrogen) atoms. The molecule has 0 amide bonds. The van der Waals surface area contributed by atoms with E-state index < -0.39 is 0 Å². The summed E-state index contributed by atoms with van der Waals surface area (Å²) in [5.41, 5.74) is 0.543. The molecular weight excluding hydrogens is 270 g/mol. The Morgan fingerprint density at radius 3 is 1.95 bits per heavy atom. The van der Waals surface area contributed by atoms with Gasteiger partial charge in [-0.3, -0.25) is 4.68 Å². The van der Waals surface area contributed by atoms with E-state index in [0.29, 0.717) is 11.7 Å². The quantitative estimate of drug-likeness (QED) is 0.418. The van der Waals surface area contributed by atoms with Crippen LogP contribution < -0.4 is 0 Å². The monoisotopic (exact) mass is 303 g/mol. The summed E-state index contributed by atoms with van der Waals surface area (Å²) in [4.78, 5) is 0. The van der Waals surface area contributed by atoms with E-state index in [1.54, 1.807) is 0 Å². The Morgan fingerprint density at radius 2 is 1.50 bits per heavy atom. The molecule has 0 aliphatic rings. The number of aromatic nitrogens is 2. The second-order valence-electron chi connectivity index (χ2n) is 6.35. The molecule has 1 aromatic rings. The zero-order chi connectivity index (χ0) is 16.0. The Kier molecular flexibility index (Phi) is 10.5. The van der Waals surface area contributed by atoms with Crippen LogP contribution in [0.2, 0.25) is 0 Å². The Labute approximate surface area is 136 Å². The molecule has 0 spiro atoms. The molecule has 0 N–H and O–H groups in total. The minimum atomic E-state index is 0.477. The van der Waals surface area contributed by atoms with Gasteiger partial charge in [0.25, 0.3) is 0 Å². The minimum absolute atomic E-state index is 0.477. The highest BCUT2D eigenvalue weighted by Crippen LogP contribution is 2.23. The van der Waals surface area contributed by atoms with Gasteiger partial charge in [0.2, 0.25) is 0 Å². The summed E-state index contributed by atoms with van der Waals surface area (Å²) < 4.78 is 2.04. The molecule has 0 saturated carbocycles. The van der Waals surface area contributed by atoms with Crippen LogP contribution in [0.25, 0.3) is 0 Å². The summed E-state index contributed by atoms with van der Waals surface area (Å²) in [5.74, 6) is 0. The van der Waals surface area contributed by atoms with Crippen molar-refractivity contribution >= 4 is 0 Å². The van der Waals surface area contributed by atoms with Gasteiger partial charge in [0.1, 0.15) is 6.07 Å². The number of nitrogens with zero attached hydrogens (tertiary/aromatic N) is 3. The van der Waals surface area contributed by atoms with Gasteiger partial charge in [-0.2, -0.15) is 10.4 Å². The molecule has 0 bridgehead atoms. The van der Waals surface area contributed by atoms with Gasteiger partial charge in [-0.15, -0.1) is 0 Å². The van der Waals surface area contributed by atoms with Crippen molar-refractivity contribution in [2.24, 2.45) is 0 Å². The van der Waals surface area contributed by atoms with Gasteiger partial charge in [-0.1, -0.05) is 78.1 Å². The largest absolute Gasteiger partial charge is 0.268 e. The van der Waals surface area contributed by atoms with Crippen molar-refractivity contribution in [3.63, 3.8) is 0 Å². The van der Waals surface area contributed by atoms with E-state index in [1.165, 1.54) is 77.0 Å². The number of nitriles is 1. The fraction of sp³-hybridized carbons (Fsp3) is 0.789. The first kappa shape index (κ1) is 18.7. The standard InChI is InChI=1S/C19H33N3/c1-3-5-7-9-11-13-19(14-12-10-8-6-4-2)22-16-15-18(17-20)21-22/h15-16,19H,3-14H2,1-2H3. The predicted molar refractivity (Wildman–Crippen MR) is 92.7 cm³/mol. The maximum absolute atomic E-state index is 8.95. The SMILES string of the molecule is CCCCCCCC(CCCCCCC)n1ccc(C#N)n1. The minimum Gasteiger partial charge on any atom is -0.268 e. The topological polar surface area (TPSA) is 41.6 Å². The summed E-state index contributed by atoms with van der Waals surface area (Å²) in [7, 11) is 0. The van der Waals surface area contributed by atoms with Crippen LogP contribution in [0, 0.1) is 11.3 Å². The zero-order valence-electron chi connectivity index (χ0n) is 14.6. The average Bonchev–Trinajstić information content (AvgIpc) is 3.01. The number of hydrogen-bond acceptors (Lipinski definition) is 2. The van der Waals surface area contributed by atoms with E-state index in [0.717, 1.165) is 0 Å². The normalized spacial score (nSPS) is 11.0. The van der Waals surface area contributed by atoms with Crippen molar-refractivity contribution in [1.82, 2.24) is 9.78 Å². The van der Waals surface area contributed by atoms with Gasteiger partial charge >= 0.3 is 0 Å². The third-order valence-electron chi connectivity index (χ3n) is 4.38. The van der Waals surface area contributed by atoms with E-state index in [4.69, 9.17) is 5.26 Å². The number of rotatable bonds is 13. The third kappa shape index (κ3) is 7.64. The number of unbranched alkanes of at least 4 members (excludes halogenated alkanes) is 8. The molecule has 1 heterocycles. The molecule has 3 heteroatoms. The maximum atomic E-state index is 8.95. The second kappa shape index (κ2) is 12.3. The first-order chi connectivity index (χ1) is 10.8. The molecule has 1 rings (SSSR count). The van der Waals surface area contributed by atoms with Crippen LogP contribution in [0.3, 0.4) is 0 Å². The lowest BCUT2D eigenvalue weighted by Gasteiger charge is -2.17. The summed E-state index contributed by atoms with van der Waals surface area (Å²) in [6, 6.07) is 4.45. The van der Waals surface area contributed by atoms with Crippen LogP contribution in [-0.2, 0) is 0 Å². The van der Waals surface area contributed by atoms with Crippen LogP contribution in [-0.4, -0.2) is 9.78 Å². The Morgan fingerprint density at radius 1 is 0.955 bits per heavy atom. The fourth-order valence-electron chi connectivity index (χ4n) is 2.98. The molecular formula is C19H33N3. The molecule has 0 radical (unpaired) electrons. The van der Waals surface area contributed by atoms with E-state index in [1.807, 2.05) is 16.9 Å². The fourth-order valence-corrected chi connectivity index (χ4v) is 2.98. The van der Waals surface area contributed by atoms with Crippen LogP contribution in [0.1, 0.15) is 103 Å². The van der Waals surface area contributed by atoms with Gasteiger partial charge < -0.3 is 0 Å². The molecule has 124 valence electrons. The molecule has 3 nitrogen and oxygen atoms in total. The van der Waals surface area contributed by atoms with Crippen LogP contribution >= 0.6 is 0 Å². The Hall–Kier alpha value is -1.30. The van der Waals surface area contributed by atoms with Crippen molar-refractivity contribution in [2.75, 3.05) is 0 Å². The molecule has 0 aliphatic heterocycles. The maximum Gasteiger partial charge on any atom is 0.162 e. The lowest BCUT2D eigenvalue weighted by molar-refractivity contribution is 0.366. The van der Waals surface area contributed by atoms with Gasteiger partial charge in [-0.25, -0.2) is 0 Å². The highest BCUT2D eigenvalue weighted by Gasteiger charge is 2.12. The molecule has 1 aromatic heterocycles. The number of hydrogen-bond donors (Lipinski definition) is 0. The van der Waals surface area contributed by atoms with E-state index >= 15 is 0 Å². The summed E-state index contributed by atoms with van der Waals surface area (Å²) in [5, 5.41) is 13.4. The lowest BCUT2D eigenvalue weighted by Crippen LogP contribution is -2.10. The van der Waals surface area contributed by atoms with Crippen molar-refractivity contribution in [1.29, 1.82) is 5.26 Å². The first-order valence-corrected chi connectivity index (χ1v) is 9.27. The van der Waals surface area contributed by atoms with Crippen molar-refractivity contribution in [3.05, 3.63) is 18.0 Å². The highest BCUT2D eigenvalue weighted by molar-refractivity contribution is 5.16. The summed E-state index contributed by atoms with van der Waals surface area (Å²) >= 11 is 0. The van der Waals surface area contributed by atoms with E-state index in [2.05, 4.69) is 25.0 Å². The predicted octanol–water partition coefficient (Wildman–Crippen LogP) is 6.02. The first-order valence-electron chi connectivity index (χ1n) is 9.27. The van der Waals surface area contributed by atoms with Crippen molar-refractivity contribution in [2.45, 2.75) is 96.9 Å². The van der Waals surface area contributed by atoms with Crippen LogP contribution in [0.4, 0.5) is 0 Å². The highest BCUT2D eigenvalue weighted by atomic mass is 15.3. The Bertz CT molecular complexity index is 403. The van der Waals surface area contributed by atoms with E-state index in [-0.39, 0.29) is 0 Å². The average molecular weight is 303 g/mol. The van der Waals surface area contributed by atoms with Crippen molar-refractivity contribution in [3.8, 4) is 6.07 Å². The molecule has 0 saturated heterocycles. The van der Waals surface area contributed by atoms with Gasteiger partial charge in [0.05, 0.1) is 6.04 Å². The molecule has 0 unspecified atom stereocenters. The van der Waals surface area contributed by atoms with Gasteiger partial charge in [0, 0.05) is 6.20 Å². The van der Waals surface area contributed by atoms with Gasteiger partial charge in [0.15, 0.2) is 5.69 Å². The Balaban J connectivity index is 2.40. The van der Waals surface area contributed by atoms with Crippen molar-refractivity contribution < 1.29 is 0 Å². The molecule has 0 atom stereocenters. The molecule has 0 aliphatic carbocycles. The molecule has 0 aromatic carbocycles. The second-order valence-corrected chi connectivity index (χ2v) is 6.35. The van der Waals surface area contributed by atoms with Crippen LogP contribution in [0.15, 0.2) is 12.3 Å². The molecule has 0 fully saturated rings.